The van der Waals surface area contributed by atoms with Gasteiger partial charge >= 0.3 is 0 Å². The highest BCUT2D eigenvalue weighted by atomic mass is 16.2. The number of nitrogens with one attached hydrogen (secondary N) is 4. The molecule has 0 bridgehead atoms. The first-order valence-corrected chi connectivity index (χ1v) is 14.1. The normalized spacial score (nSPS) is 22.0. The number of carbonyl (C=O) groups is 3. The fourth-order valence-corrected chi connectivity index (χ4v) is 5.39. The van der Waals surface area contributed by atoms with Crippen LogP contribution in [-0.2, 0) is 20.8 Å². The van der Waals surface area contributed by atoms with Gasteiger partial charge in [-0.2, -0.15) is 0 Å². The number of nitrogens with zero attached hydrogens (tertiary/aromatic N) is 1. The first-order valence-electron chi connectivity index (χ1n) is 14.1. The van der Waals surface area contributed by atoms with Crippen LogP contribution in [0.2, 0.25) is 0 Å². The molecule has 8 nitrogen and oxygen atoms in total. The molecule has 2 fully saturated rings. The number of carbonyl (C=O) groups excluding carboxylic acids is 3. The van der Waals surface area contributed by atoms with Crippen LogP contribution in [0.3, 0.4) is 0 Å². The van der Waals surface area contributed by atoms with Gasteiger partial charge in [0.2, 0.25) is 17.7 Å². The molecule has 0 unspecified atom stereocenters. The standard InChI is InChI=1S/C29H47N5O3/c1-20(2)26(33-27(35)21(3)30-4)29(37)34-19-24(32-18-23-13-9-6-10-14-23)17-25(34)28(36)31-16-15-22-11-7-5-8-12-22/h5,7-8,11-12,20-21,23-26,30,32H,6,9-10,13-19H2,1-4H3,(H,31,36)(H,33,35)/t21-,24-,25-,26-/m0/s1. The van der Waals surface area contributed by atoms with Crippen molar-refractivity contribution in [3.8, 4) is 0 Å². The SMILES string of the molecule is CN[C@@H](C)C(=O)N[C@H](C(=O)N1C[C@@H](NCC2CCCCC2)C[C@H]1C(=O)NCCc1ccccc1)C(C)C. The Morgan fingerprint density at radius 2 is 1.73 bits per heavy atom. The van der Waals surface area contributed by atoms with Gasteiger partial charge in [0, 0.05) is 19.1 Å². The average Bonchev–Trinajstić information content (AvgIpc) is 3.35. The van der Waals surface area contributed by atoms with Crippen molar-refractivity contribution < 1.29 is 14.4 Å². The van der Waals surface area contributed by atoms with Gasteiger partial charge in [-0.3, -0.25) is 14.4 Å². The van der Waals surface area contributed by atoms with Gasteiger partial charge in [-0.15, -0.1) is 0 Å². The molecule has 3 rings (SSSR count). The number of hydrogen-bond acceptors (Lipinski definition) is 5. The van der Waals surface area contributed by atoms with E-state index in [-0.39, 0.29) is 29.7 Å². The molecule has 4 N–H and O–H groups in total. The van der Waals surface area contributed by atoms with E-state index in [1.807, 2.05) is 44.2 Å². The number of benzene rings is 1. The Balaban J connectivity index is 1.67. The molecule has 1 saturated heterocycles. The quantitative estimate of drug-likeness (QED) is 0.343. The van der Waals surface area contributed by atoms with Crippen LogP contribution < -0.4 is 21.3 Å². The molecule has 1 aliphatic heterocycles. The summed E-state index contributed by atoms with van der Waals surface area (Å²) in [4.78, 5) is 41.4. The first kappa shape index (κ1) is 29.1. The third-order valence-corrected chi connectivity index (χ3v) is 7.92. The lowest BCUT2D eigenvalue weighted by Gasteiger charge is -2.31. The van der Waals surface area contributed by atoms with Gasteiger partial charge in [-0.05, 0) is 63.6 Å². The van der Waals surface area contributed by atoms with Gasteiger partial charge in [0.05, 0.1) is 6.04 Å². The topological polar surface area (TPSA) is 103 Å². The van der Waals surface area contributed by atoms with Gasteiger partial charge in [0.1, 0.15) is 12.1 Å². The van der Waals surface area contributed by atoms with Gasteiger partial charge in [-0.25, -0.2) is 0 Å². The molecule has 0 spiro atoms. The molecule has 206 valence electrons. The summed E-state index contributed by atoms with van der Waals surface area (Å²) in [6.45, 7) is 7.54. The average molecular weight is 514 g/mol. The second-order valence-electron chi connectivity index (χ2n) is 11.1. The summed E-state index contributed by atoms with van der Waals surface area (Å²) in [5.74, 6) is 0.0454. The van der Waals surface area contributed by atoms with Gasteiger partial charge in [0.15, 0.2) is 0 Å². The van der Waals surface area contributed by atoms with Gasteiger partial charge in [-0.1, -0.05) is 63.4 Å². The van der Waals surface area contributed by atoms with Crippen molar-refractivity contribution in [3.63, 3.8) is 0 Å². The van der Waals surface area contributed by atoms with Gasteiger partial charge < -0.3 is 26.2 Å². The lowest BCUT2D eigenvalue weighted by atomic mass is 9.89. The molecule has 1 heterocycles. The Morgan fingerprint density at radius 3 is 2.38 bits per heavy atom. The van der Waals surface area contributed by atoms with E-state index in [2.05, 4.69) is 21.3 Å². The monoisotopic (exact) mass is 513 g/mol. The van der Waals surface area contributed by atoms with Crippen LogP contribution in [-0.4, -0.2) is 73.5 Å². The number of rotatable bonds is 12. The zero-order valence-corrected chi connectivity index (χ0v) is 23.1. The molecule has 4 atom stereocenters. The highest BCUT2D eigenvalue weighted by molar-refractivity contribution is 5.93. The van der Waals surface area contributed by atoms with E-state index in [9.17, 15) is 14.4 Å². The molecule has 1 aromatic carbocycles. The molecule has 2 aliphatic rings. The molecule has 37 heavy (non-hydrogen) atoms. The maximum Gasteiger partial charge on any atom is 0.246 e. The fraction of sp³-hybridized carbons (Fsp3) is 0.690. The highest BCUT2D eigenvalue weighted by Crippen LogP contribution is 2.25. The van der Waals surface area contributed by atoms with Crippen molar-refractivity contribution in [2.75, 3.05) is 26.7 Å². The molecule has 1 aliphatic carbocycles. The van der Waals surface area contributed by atoms with Crippen molar-refractivity contribution in [3.05, 3.63) is 35.9 Å². The Bertz CT molecular complexity index is 872. The Hall–Kier alpha value is -2.45. The molecule has 0 radical (unpaired) electrons. The molecular formula is C29H47N5O3. The van der Waals surface area contributed by atoms with Crippen LogP contribution in [0.1, 0.15) is 64.9 Å². The van der Waals surface area contributed by atoms with Gasteiger partial charge in [0.25, 0.3) is 0 Å². The summed E-state index contributed by atoms with van der Waals surface area (Å²) in [5, 5.41) is 12.6. The second-order valence-corrected chi connectivity index (χ2v) is 11.1. The lowest BCUT2D eigenvalue weighted by molar-refractivity contribution is -0.142. The molecule has 1 aromatic rings. The number of amides is 3. The maximum absolute atomic E-state index is 13.8. The minimum atomic E-state index is -0.681. The Kier molecular flexibility index (Phi) is 11.4. The van der Waals surface area contributed by atoms with Crippen LogP contribution in [0.25, 0.3) is 0 Å². The minimum Gasteiger partial charge on any atom is -0.354 e. The second kappa shape index (κ2) is 14.5. The zero-order chi connectivity index (χ0) is 26.8. The molecule has 1 saturated carbocycles. The van der Waals surface area contributed by atoms with Crippen LogP contribution in [0, 0.1) is 11.8 Å². The fourth-order valence-electron chi connectivity index (χ4n) is 5.39. The summed E-state index contributed by atoms with van der Waals surface area (Å²) in [5.41, 5.74) is 1.16. The van der Waals surface area contributed by atoms with Crippen molar-refractivity contribution in [2.24, 2.45) is 11.8 Å². The van der Waals surface area contributed by atoms with Crippen molar-refractivity contribution in [1.82, 2.24) is 26.2 Å². The van der Waals surface area contributed by atoms with E-state index in [1.165, 1.54) is 32.1 Å². The molecule has 0 aromatic heterocycles. The Morgan fingerprint density at radius 1 is 1.03 bits per heavy atom. The van der Waals surface area contributed by atoms with E-state index in [4.69, 9.17) is 0 Å². The largest absolute Gasteiger partial charge is 0.354 e. The number of hydrogen-bond donors (Lipinski definition) is 4. The predicted molar refractivity (Wildman–Crippen MR) is 147 cm³/mol. The summed E-state index contributed by atoms with van der Waals surface area (Å²) in [6.07, 6.45) is 7.71. The number of likely N-dealkylation sites (N-methyl/N-ethyl adjacent to an activating group) is 1. The highest BCUT2D eigenvalue weighted by Gasteiger charge is 2.42. The Labute approximate surface area is 222 Å². The van der Waals surface area contributed by atoms with Crippen molar-refractivity contribution >= 4 is 17.7 Å². The summed E-state index contributed by atoms with van der Waals surface area (Å²) >= 11 is 0. The van der Waals surface area contributed by atoms with Crippen LogP contribution in [0.4, 0.5) is 0 Å². The van der Waals surface area contributed by atoms with E-state index in [0.717, 1.165) is 18.5 Å². The van der Waals surface area contributed by atoms with Crippen molar-refractivity contribution in [1.29, 1.82) is 0 Å². The minimum absolute atomic E-state index is 0.0653. The summed E-state index contributed by atoms with van der Waals surface area (Å²) < 4.78 is 0. The van der Waals surface area contributed by atoms with E-state index in [0.29, 0.717) is 25.4 Å². The zero-order valence-electron chi connectivity index (χ0n) is 23.1. The smallest absolute Gasteiger partial charge is 0.246 e. The van der Waals surface area contributed by atoms with Crippen LogP contribution >= 0.6 is 0 Å². The maximum atomic E-state index is 13.8. The lowest BCUT2D eigenvalue weighted by Crippen LogP contribution is -2.57. The molecule has 8 heteroatoms. The summed E-state index contributed by atoms with van der Waals surface area (Å²) in [6, 6.07) is 8.48. The predicted octanol–water partition coefficient (Wildman–Crippen LogP) is 2.23. The van der Waals surface area contributed by atoms with Crippen molar-refractivity contribution in [2.45, 2.75) is 89.9 Å². The molecular weight excluding hydrogens is 466 g/mol. The molecule has 3 amide bonds. The third-order valence-electron chi connectivity index (χ3n) is 7.92. The first-order chi connectivity index (χ1) is 17.8. The van der Waals surface area contributed by atoms with E-state index < -0.39 is 18.1 Å². The third kappa shape index (κ3) is 8.54. The number of likely N-dealkylation sites (tertiary alicyclic amines) is 1. The van der Waals surface area contributed by atoms with Crippen LogP contribution in [0.15, 0.2) is 30.3 Å². The van der Waals surface area contributed by atoms with Crippen LogP contribution in [0.5, 0.6) is 0 Å². The van der Waals surface area contributed by atoms with E-state index in [1.54, 1.807) is 18.9 Å². The van der Waals surface area contributed by atoms with E-state index >= 15 is 0 Å². The summed E-state index contributed by atoms with van der Waals surface area (Å²) in [7, 11) is 1.72.